The van der Waals surface area contributed by atoms with Gasteiger partial charge in [-0.1, -0.05) is 12.1 Å². The van der Waals surface area contributed by atoms with Gasteiger partial charge in [0.2, 0.25) is 5.95 Å². The summed E-state index contributed by atoms with van der Waals surface area (Å²) in [7, 11) is 4.00. The van der Waals surface area contributed by atoms with E-state index < -0.39 is 0 Å². The number of morpholine rings is 1. The first kappa shape index (κ1) is 18.3. The lowest BCUT2D eigenvalue weighted by molar-refractivity contribution is 0.122. The maximum Gasteiger partial charge on any atom is 0.246 e. The Morgan fingerprint density at radius 1 is 0.857 bits per heavy atom. The van der Waals surface area contributed by atoms with Crippen LogP contribution in [0.15, 0.2) is 48.5 Å². The Kier molecular flexibility index (Phi) is 5.16. The van der Waals surface area contributed by atoms with Gasteiger partial charge >= 0.3 is 0 Å². The van der Waals surface area contributed by atoms with Gasteiger partial charge < -0.3 is 14.5 Å². The molecule has 0 amide bonds. The van der Waals surface area contributed by atoms with Crippen molar-refractivity contribution in [2.24, 2.45) is 0 Å². The minimum absolute atomic E-state index is 0.286. The van der Waals surface area contributed by atoms with Crippen LogP contribution in [0, 0.1) is 5.82 Å². The molecule has 28 heavy (non-hydrogen) atoms. The number of ether oxygens (including phenoxy) is 1. The highest BCUT2D eigenvalue weighted by molar-refractivity contribution is 5.78. The molecule has 1 aromatic heterocycles. The number of nitrogens with zero attached hydrogens (tertiary/aromatic N) is 5. The minimum atomic E-state index is -0.286. The lowest BCUT2D eigenvalue weighted by Crippen LogP contribution is -2.37. The number of halogens is 1. The van der Waals surface area contributed by atoms with Crippen molar-refractivity contribution in [3.05, 3.63) is 54.3 Å². The Morgan fingerprint density at radius 3 is 2.11 bits per heavy atom. The number of hydrogen-bond donors (Lipinski definition) is 0. The molecule has 7 heteroatoms. The van der Waals surface area contributed by atoms with Crippen LogP contribution >= 0.6 is 0 Å². The van der Waals surface area contributed by atoms with E-state index in [0.717, 1.165) is 35.6 Å². The number of benzene rings is 2. The highest BCUT2D eigenvalue weighted by Gasteiger charge is 2.19. The highest BCUT2D eigenvalue weighted by atomic mass is 19.1. The molecule has 0 saturated carbocycles. The van der Waals surface area contributed by atoms with E-state index in [1.54, 1.807) is 12.1 Å². The molecule has 3 aromatic rings. The first-order valence-electron chi connectivity index (χ1n) is 9.23. The third-order valence-corrected chi connectivity index (χ3v) is 4.74. The van der Waals surface area contributed by atoms with E-state index >= 15 is 0 Å². The average Bonchev–Trinajstić information content (AvgIpc) is 2.75. The topological polar surface area (TPSA) is 54.4 Å². The fourth-order valence-electron chi connectivity index (χ4n) is 3.14. The Bertz CT molecular complexity index is 938. The van der Waals surface area contributed by atoms with E-state index in [4.69, 9.17) is 9.72 Å². The van der Waals surface area contributed by atoms with Crippen molar-refractivity contribution in [3.8, 4) is 22.5 Å². The molecule has 2 heterocycles. The first-order chi connectivity index (χ1) is 13.6. The zero-order valence-corrected chi connectivity index (χ0v) is 16.0. The average molecular weight is 379 g/mol. The zero-order valence-electron chi connectivity index (χ0n) is 16.0. The van der Waals surface area contributed by atoms with Crippen molar-refractivity contribution in [3.63, 3.8) is 0 Å². The van der Waals surface area contributed by atoms with Gasteiger partial charge in [-0.25, -0.2) is 9.37 Å². The SMILES string of the molecule is CN(C)c1ccc(-c2nc(N3CCOCC3)nnc2-c2ccc(F)cc2)cc1. The second-order valence-corrected chi connectivity index (χ2v) is 6.86. The predicted octanol–water partition coefficient (Wildman–Crippen LogP) is 3.25. The maximum atomic E-state index is 13.4. The molecule has 0 radical (unpaired) electrons. The summed E-state index contributed by atoms with van der Waals surface area (Å²) in [6.07, 6.45) is 0. The monoisotopic (exact) mass is 379 g/mol. The van der Waals surface area contributed by atoms with Gasteiger partial charge in [-0.15, -0.1) is 10.2 Å². The molecule has 1 saturated heterocycles. The maximum absolute atomic E-state index is 13.4. The lowest BCUT2D eigenvalue weighted by Gasteiger charge is -2.26. The molecule has 0 atom stereocenters. The number of hydrogen-bond acceptors (Lipinski definition) is 6. The lowest BCUT2D eigenvalue weighted by atomic mass is 10.0. The summed E-state index contributed by atoms with van der Waals surface area (Å²) in [4.78, 5) is 8.95. The van der Waals surface area contributed by atoms with E-state index in [2.05, 4.69) is 15.1 Å². The third-order valence-electron chi connectivity index (χ3n) is 4.74. The van der Waals surface area contributed by atoms with E-state index in [9.17, 15) is 4.39 Å². The molecule has 0 N–H and O–H groups in total. The number of anilines is 2. The minimum Gasteiger partial charge on any atom is -0.378 e. The van der Waals surface area contributed by atoms with Crippen LogP contribution in [0.2, 0.25) is 0 Å². The van der Waals surface area contributed by atoms with Crippen LogP contribution in [0.5, 0.6) is 0 Å². The summed E-state index contributed by atoms with van der Waals surface area (Å²) in [6, 6.07) is 14.4. The van der Waals surface area contributed by atoms with Crippen LogP contribution in [0.1, 0.15) is 0 Å². The quantitative estimate of drug-likeness (QED) is 0.694. The first-order valence-corrected chi connectivity index (χ1v) is 9.23. The summed E-state index contributed by atoms with van der Waals surface area (Å²) in [5.41, 5.74) is 4.18. The van der Waals surface area contributed by atoms with Gasteiger partial charge in [-0.05, 0) is 36.4 Å². The van der Waals surface area contributed by atoms with E-state index in [1.165, 1.54) is 12.1 Å². The summed E-state index contributed by atoms with van der Waals surface area (Å²) in [6.45, 7) is 2.76. The van der Waals surface area contributed by atoms with Gasteiger partial charge in [0.15, 0.2) is 0 Å². The van der Waals surface area contributed by atoms with Crippen molar-refractivity contribution in [2.45, 2.75) is 0 Å². The summed E-state index contributed by atoms with van der Waals surface area (Å²) in [5.74, 6) is 0.298. The normalized spacial score (nSPS) is 14.2. The van der Waals surface area contributed by atoms with Crippen LogP contribution in [0.25, 0.3) is 22.5 Å². The van der Waals surface area contributed by atoms with Gasteiger partial charge in [-0.2, -0.15) is 0 Å². The molecule has 1 fully saturated rings. The van der Waals surface area contributed by atoms with Crippen molar-refractivity contribution >= 4 is 11.6 Å². The molecule has 6 nitrogen and oxygen atoms in total. The Hall–Kier alpha value is -3.06. The van der Waals surface area contributed by atoms with Crippen LogP contribution in [0.3, 0.4) is 0 Å². The molecule has 0 unspecified atom stereocenters. The Balaban J connectivity index is 1.79. The molecular formula is C21H22FN5O. The fraction of sp³-hybridized carbons (Fsp3) is 0.286. The van der Waals surface area contributed by atoms with Gasteiger partial charge in [0.05, 0.1) is 13.2 Å². The van der Waals surface area contributed by atoms with Crippen LogP contribution in [-0.4, -0.2) is 55.6 Å². The van der Waals surface area contributed by atoms with E-state index in [-0.39, 0.29) is 5.82 Å². The van der Waals surface area contributed by atoms with Gasteiger partial charge in [0.25, 0.3) is 0 Å². The second-order valence-electron chi connectivity index (χ2n) is 6.86. The molecule has 1 aliphatic heterocycles. The van der Waals surface area contributed by atoms with Crippen LogP contribution in [-0.2, 0) is 4.74 Å². The molecule has 0 bridgehead atoms. The smallest absolute Gasteiger partial charge is 0.246 e. The Morgan fingerprint density at radius 2 is 1.46 bits per heavy atom. The predicted molar refractivity (Wildman–Crippen MR) is 108 cm³/mol. The van der Waals surface area contributed by atoms with Gasteiger partial charge in [-0.3, -0.25) is 0 Å². The van der Waals surface area contributed by atoms with Gasteiger partial charge in [0, 0.05) is 44.0 Å². The van der Waals surface area contributed by atoms with Crippen molar-refractivity contribution in [1.82, 2.24) is 15.2 Å². The molecule has 2 aromatic carbocycles. The number of rotatable bonds is 4. The highest BCUT2D eigenvalue weighted by Crippen LogP contribution is 2.31. The second kappa shape index (κ2) is 7.90. The molecular weight excluding hydrogens is 357 g/mol. The Labute approximate surface area is 163 Å². The third kappa shape index (κ3) is 3.80. The summed E-state index contributed by atoms with van der Waals surface area (Å²) in [5, 5.41) is 8.80. The molecule has 1 aliphatic rings. The molecule has 0 spiro atoms. The van der Waals surface area contributed by atoms with Crippen molar-refractivity contribution < 1.29 is 9.13 Å². The summed E-state index contributed by atoms with van der Waals surface area (Å²) >= 11 is 0. The van der Waals surface area contributed by atoms with E-state index in [0.29, 0.717) is 24.9 Å². The zero-order chi connectivity index (χ0) is 19.5. The van der Waals surface area contributed by atoms with Crippen molar-refractivity contribution in [1.29, 1.82) is 0 Å². The molecule has 4 rings (SSSR count). The van der Waals surface area contributed by atoms with Gasteiger partial charge in [0.1, 0.15) is 17.2 Å². The number of aromatic nitrogens is 3. The van der Waals surface area contributed by atoms with Crippen LogP contribution in [0.4, 0.5) is 16.0 Å². The molecule has 0 aliphatic carbocycles. The van der Waals surface area contributed by atoms with E-state index in [1.807, 2.05) is 43.3 Å². The summed E-state index contributed by atoms with van der Waals surface area (Å²) < 4.78 is 18.8. The standard InChI is InChI=1S/C21H22FN5O/c1-26(2)18-9-5-15(6-10-18)19-20(16-3-7-17(22)8-4-16)24-25-21(23-19)27-11-13-28-14-12-27/h3-10H,11-14H2,1-2H3. The molecule has 144 valence electrons. The van der Waals surface area contributed by atoms with Crippen molar-refractivity contribution in [2.75, 3.05) is 50.2 Å². The largest absolute Gasteiger partial charge is 0.378 e. The van der Waals surface area contributed by atoms with Crippen LogP contribution < -0.4 is 9.80 Å². The fourth-order valence-corrected chi connectivity index (χ4v) is 3.14.